The van der Waals surface area contributed by atoms with E-state index in [9.17, 15) is 0 Å². The number of hydrogen-bond acceptors (Lipinski definition) is 4. The minimum atomic E-state index is -0.219. The van der Waals surface area contributed by atoms with Gasteiger partial charge in [0, 0.05) is 24.0 Å². The second-order valence-electron chi connectivity index (χ2n) is 6.92. The predicted molar refractivity (Wildman–Crippen MR) is 82.0 cm³/mol. The van der Waals surface area contributed by atoms with Gasteiger partial charge in [-0.25, -0.2) is 0 Å². The van der Waals surface area contributed by atoms with Crippen molar-refractivity contribution in [2.24, 2.45) is 16.3 Å². The monoisotopic (exact) mass is 282 g/mol. The summed E-state index contributed by atoms with van der Waals surface area (Å²) in [5.74, 6) is 0.330. The third-order valence-electron chi connectivity index (χ3n) is 5.04. The van der Waals surface area contributed by atoms with E-state index < -0.39 is 0 Å². The van der Waals surface area contributed by atoms with E-state index in [0.717, 1.165) is 25.4 Å². The van der Waals surface area contributed by atoms with Gasteiger partial charge >= 0.3 is 0 Å². The van der Waals surface area contributed by atoms with Gasteiger partial charge in [0.05, 0.1) is 0 Å². The number of nitrogens with one attached hydrogen (secondary N) is 1. The molecule has 0 bridgehead atoms. The van der Waals surface area contributed by atoms with Crippen molar-refractivity contribution in [1.82, 2.24) is 10.2 Å². The lowest BCUT2D eigenvalue weighted by Crippen LogP contribution is -2.45. The van der Waals surface area contributed by atoms with Crippen molar-refractivity contribution in [3.63, 3.8) is 0 Å². The molecule has 2 aliphatic heterocycles. The van der Waals surface area contributed by atoms with Crippen LogP contribution in [0.4, 0.5) is 0 Å². The van der Waals surface area contributed by atoms with E-state index >= 15 is 0 Å². The Morgan fingerprint density at radius 1 is 1.35 bits per heavy atom. The van der Waals surface area contributed by atoms with Crippen molar-refractivity contribution in [3.05, 3.63) is 0 Å². The van der Waals surface area contributed by atoms with Crippen LogP contribution in [-0.4, -0.2) is 47.7 Å². The van der Waals surface area contributed by atoms with Crippen LogP contribution < -0.4 is 11.1 Å². The number of fused-ring (bicyclic) bond motifs is 1. The van der Waals surface area contributed by atoms with Gasteiger partial charge in [0.2, 0.25) is 0 Å². The van der Waals surface area contributed by atoms with Crippen LogP contribution in [0.1, 0.15) is 52.4 Å². The highest BCUT2D eigenvalue weighted by Gasteiger charge is 2.34. The van der Waals surface area contributed by atoms with Crippen LogP contribution in [0.3, 0.4) is 0 Å². The highest BCUT2D eigenvalue weighted by molar-refractivity contribution is 5.85. The van der Waals surface area contributed by atoms with Gasteiger partial charge in [-0.15, -0.1) is 0 Å². The maximum absolute atomic E-state index is 8.77. The molecule has 116 valence electrons. The Kier molecular flexibility index (Phi) is 5.27. The zero-order valence-corrected chi connectivity index (χ0v) is 12.9. The molecule has 0 aromatic rings. The van der Waals surface area contributed by atoms with Crippen LogP contribution in [0.5, 0.6) is 0 Å². The molecule has 5 nitrogen and oxygen atoms in total. The minimum absolute atomic E-state index is 0.219. The molecular weight excluding hydrogens is 252 g/mol. The summed E-state index contributed by atoms with van der Waals surface area (Å²) in [6, 6.07) is 1.43. The van der Waals surface area contributed by atoms with Crippen LogP contribution in [0.15, 0.2) is 5.16 Å². The predicted octanol–water partition coefficient (Wildman–Crippen LogP) is 1.76. The molecule has 20 heavy (non-hydrogen) atoms. The molecule has 2 fully saturated rings. The molecule has 0 radical (unpaired) electrons. The number of nitrogens with two attached hydrogens (primary N) is 1. The first-order valence-corrected chi connectivity index (χ1v) is 8.00. The molecule has 5 heteroatoms. The van der Waals surface area contributed by atoms with E-state index in [1.165, 1.54) is 38.8 Å². The number of hydrogen-bond donors (Lipinski definition) is 3. The summed E-state index contributed by atoms with van der Waals surface area (Å²) in [5.41, 5.74) is 5.50. The Balaban J connectivity index is 1.69. The summed E-state index contributed by atoms with van der Waals surface area (Å²) in [7, 11) is 0. The van der Waals surface area contributed by atoms with E-state index in [0.29, 0.717) is 11.9 Å². The van der Waals surface area contributed by atoms with Crippen LogP contribution in [-0.2, 0) is 0 Å². The lowest BCUT2D eigenvalue weighted by Gasteiger charge is -2.33. The van der Waals surface area contributed by atoms with E-state index in [2.05, 4.69) is 15.4 Å². The van der Waals surface area contributed by atoms with Gasteiger partial charge in [-0.2, -0.15) is 0 Å². The summed E-state index contributed by atoms with van der Waals surface area (Å²) in [4.78, 5) is 2.65. The number of rotatable bonds is 6. The molecule has 2 saturated heterocycles. The normalized spacial score (nSPS) is 28.6. The summed E-state index contributed by atoms with van der Waals surface area (Å²) in [6.45, 7) is 7.63. The first kappa shape index (κ1) is 15.6. The number of nitrogens with zero attached hydrogens (tertiary/aromatic N) is 2. The molecule has 2 heterocycles. The second kappa shape index (κ2) is 6.76. The second-order valence-corrected chi connectivity index (χ2v) is 6.92. The van der Waals surface area contributed by atoms with Gasteiger partial charge < -0.3 is 16.3 Å². The molecule has 0 spiro atoms. The third-order valence-corrected chi connectivity index (χ3v) is 5.04. The first-order valence-electron chi connectivity index (χ1n) is 8.00. The van der Waals surface area contributed by atoms with Crippen molar-refractivity contribution in [1.29, 1.82) is 0 Å². The highest BCUT2D eigenvalue weighted by atomic mass is 16.4. The fraction of sp³-hybridized carbons (Fsp3) is 0.933. The Hall–Kier alpha value is -0.810. The van der Waals surface area contributed by atoms with Crippen LogP contribution in [0, 0.1) is 5.41 Å². The quantitative estimate of drug-likeness (QED) is 0.228. The minimum Gasteiger partial charge on any atom is -0.409 e. The van der Waals surface area contributed by atoms with E-state index in [-0.39, 0.29) is 5.41 Å². The maximum Gasteiger partial charge on any atom is 0.144 e. The van der Waals surface area contributed by atoms with Gasteiger partial charge in [-0.05, 0) is 45.2 Å². The molecule has 4 N–H and O–H groups in total. The van der Waals surface area contributed by atoms with Gasteiger partial charge in [0.15, 0.2) is 0 Å². The molecule has 2 rings (SSSR count). The lowest BCUT2D eigenvalue weighted by atomic mass is 9.86. The van der Waals surface area contributed by atoms with Gasteiger partial charge in [-0.3, -0.25) is 4.90 Å². The summed E-state index contributed by atoms with van der Waals surface area (Å²) in [5, 5.41) is 15.6. The summed E-state index contributed by atoms with van der Waals surface area (Å²) in [6.07, 6.45) is 7.40. The average molecular weight is 282 g/mol. The lowest BCUT2D eigenvalue weighted by molar-refractivity contribution is 0.180. The van der Waals surface area contributed by atoms with E-state index in [4.69, 9.17) is 10.9 Å². The smallest absolute Gasteiger partial charge is 0.144 e. The third kappa shape index (κ3) is 3.64. The molecule has 0 aromatic heterocycles. The molecule has 2 unspecified atom stereocenters. The standard InChI is InChI=1S/C15H30N4O/c1-15(2,14(16)18-20)8-5-9-17-12-7-11-19-10-4-3-6-13(12)19/h12-13,17,20H,3-11H2,1-2H3,(H2,16,18). The molecule has 2 aliphatic rings. The van der Waals surface area contributed by atoms with Gasteiger partial charge in [0.25, 0.3) is 0 Å². The molecule has 0 amide bonds. The average Bonchev–Trinajstić information content (AvgIpc) is 2.86. The first-order chi connectivity index (χ1) is 9.54. The maximum atomic E-state index is 8.77. The van der Waals surface area contributed by atoms with Crippen molar-refractivity contribution in [3.8, 4) is 0 Å². The highest BCUT2D eigenvalue weighted by Crippen LogP contribution is 2.27. The van der Waals surface area contributed by atoms with Crippen LogP contribution >= 0.6 is 0 Å². The largest absolute Gasteiger partial charge is 0.409 e. The summed E-state index contributed by atoms with van der Waals surface area (Å²) >= 11 is 0. The molecule has 2 atom stereocenters. The van der Waals surface area contributed by atoms with E-state index in [1.807, 2.05) is 13.8 Å². The zero-order valence-electron chi connectivity index (χ0n) is 12.9. The zero-order chi connectivity index (χ0) is 14.6. The topological polar surface area (TPSA) is 73.9 Å². The van der Waals surface area contributed by atoms with Crippen LogP contribution in [0.2, 0.25) is 0 Å². The molecule has 0 saturated carbocycles. The fourth-order valence-electron chi connectivity index (χ4n) is 3.57. The fourth-order valence-corrected chi connectivity index (χ4v) is 3.57. The van der Waals surface area contributed by atoms with Crippen molar-refractivity contribution < 1.29 is 5.21 Å². The van der Waals surface area contributed by atoms with Crippen LogP contribution in [0.25, 0.3) is 0 Å². The number of oxime groups is 1. The Morgan fingerprint density at radius 3 is 2.90 bits per heavy atom. The number of amidine groups is 1. The van der Waals surface area contributed by atoms with Crippen molar-refractivity contribution >= 4 is 5.84 Å². The van der Waals surface area contributed by atoms with E-state index in [1.54, 1.807) is 0 Å². The molecule has 0 aliphatic carbocycles. The molecular formula is C15H30N4O. The SMILES string of the molecule is CC(C)(CCCNC1CCN2CCCCC12)C(N)=NO. The number of piperidine rings is 1. The molecule has 0 aromatic carbocycles. The van der Waals surface area contributed by atoms with Crippen molar-refractivity contribution in [2.75, 3.05) is 19.6 Å². The Labute approximate surface area is 122 Å². The van der Waals surface area contributed by atoms with Gasteiger partial charge in [0.1, 0.15) is 5.84 Å². The van der Waals surface area contributed by atoms with Gasteiger partial charge in [-0.1, -0.05) is 25.4 Å². The summed E-state index contributed by atoms with van der Waals surface area (Å²) < 4.78 is 0. The van der Waals surface area contributed by atoms with Crippen molar-refractivity contribution in [2.45, 2.75) is 64.5 Å². The Morgan fingerprint density at radius 2 is 2.15 bits per heavy atom. The Bertz CT molecular complexity index is 343.